The van der Waals surface area contributed by atoms with Crippen molar-refractivity contribution in [2.75, 3.05) is 25.6 Å². The molecule has 0 saturated carbocycles. The number of nitrogens with two attached hydrogens (primary N) is 1. The summed E-state index contributed by atoms with van der Waals surface area (Å²) in [4.78, 5) is 13.5. The highest BCUT2D eigenvalue weighted by molar-refractivity contribution is 5.96. The molecule has 0 aliphatic rings. The summed E-state index contributed by atoms with van der Waals surface area (Å²) < 4.78 is 18.4. The van der Waals surface area contributed by atoms with E-state index in [0.29, 0.717) is 17.9 Å². The van der Waals surface area contributed by atoms with Crippen LogP contribution >= 0.6 is 0 Å². The first-order chi connectivity index (χ1) is 8.54. The Labute approximate surface area is 107 Å². The van der Waals surface area contributed by atoms with Crippen molar-refractivity contribution in [1.29, 1.82) is 0 Å². The second-order valence-corrected chi connectivity index (χ2v) is 4.05. The van der Waals surface area contributed by atoms with E-state index < -0.39 is 5.82 Å². The Morgan fingerprint density at radius 2 is 2.22 bits per heavy atom. The van der Waals surface area contributed by atoms with Crippen molar-refractivity contribution in [2.24, 2.45) is 11.7 Å². The van der Waals surface area contributed by atoms with E-state index in [1.807, 2.05) is 6.92 Å². The summed E-state index contributed by atoms with van der Waals surface area (Å²) in [6.45, 7) is 2.17. The average molecular weight is 254 g/mol. The van der Waals surface area contributed by atoms with Gasteiger partial charge in [-0.15, -0.1) is 0 Å². The number of carbonyl (C=O) groups is 1. The monoisotopic (exact) mass is 254 g/mol. The normalized spacial score (nSPS) is 12.1. The van der Waals surface area contributed by atoms with Crippen LogP contribution in [-0.2, 0) is 4.79 Å². The number of nitrogens with zero attached hydrogens (tertiary/aromatic N) is 1. The number of amides is 1. The lowest BCUT2D eigenvalue weighted by atomic mass is 10.1. The van der Waals surface area contributed by atoms with Crippen molar-refractivity contribution in [1.82, 2.24) is 0 Å². The van der Waals surface area contributed by atoms with Crippen LogP contribution < -0.4 is 15.4 Å². The summed E-state index contributed by atoms with van der Waals surface area (Å²) in [6.07, 6.45) is 0.650. The smallest absolute Gasteiger partial charge is 0.231 e. The zero-order valence-electron chi connectivity index (χ0n) is 10.9. The molecule has 0 bridgehead atoms. The van der Waals surface area contributed by atoms with Crippen LogP contribution in [0.25, 0.3) is 0 Å². The summed E-state index contributed by atoms with van der Waals surface area (Å²) in [6, 6.07) is 4.07. The Balaban J connectivity index is 3.05. The molecule has 0 aliphatic carbocycles. The van der Waals surface area contributed by atoms with Gasteiger partial charge in [-0.05, 0) is 18.6 Å². The lowest BCUT2D eigenvalue weighted by Gasteiger charge is -2.23. The van der Waals surface area contributed by atoms with Crippen LogP contribution in [-0.4, -0.2) is 26.6 Å². The maximum absolute atomic E-state index is 13.3. The molecule has 5 heteroatoms. The Morgan fingerprint density at radius 1 is 1.56 bits per heavy atom. The first-order valence-corrected chi connectivity index (χ1v) is 5.86. The Morgan fingerprint density at radius 3 is 2.72 bits per heavy atom. The van der Waals surface area contributed by atoms with Gasteiger partial charge >= 0.3 is 0 Å². The van der Waals surface area contributed by atoms with E-state index >= 15 is 0 Å². The van der Waals surface area contributed by atoms with Gasteiger partial charge in [-0.1, -0.05) is 6.92 Å². The molecule has 0 heterocycles. The van der Waals surface area contributed by atoms with Crippen molar-refractivity contribution in [2.45, 2.75) is 13.3 Å². The molecule has 0 fully saturated rings. The molecule has 0 saturated heterocycles. The minimum atomic E-state index is -0.411. The number of benzene rings is 1. The Bertz CT molecular complexity index is 419. The quantitative estimate of drug-likeness (QED) is 0.871. The van der Waals surface area contributed by atoms with Gasteiger partial charge in [0.05, 0.1) is 18.7 Å². The third-order valence-corrected chi connectivity index (χ3v) is 2.96. The number of carbonyl (C=O) groups excluding carboxylic acids is 1. The maximum atomic E-state index is 13.3. The second-order valence-electron chi connectivity index (χ2n) is 4.05. The summed E-state index contributed by atoms with van der Waals surface area (Å²) in [5.74, 6) is -0.350. The van der Waals surface area contributed by atoms with Gasteiger partial charge in [-0.3, -0.25) is 4.79 Å². The van der Waals surface area contributed by atoms with Gasteiger partial charge in [0.25, 0.3) is 0 Å². The fraction of sp³-hybridized carbons (Fsp3) is 0.462. The van der Waals surface area contributed by atoms with Crippen LogP contribution in [0.4, 0.5) is 10.1 Å². The van der Waals surface area contributed by atoms with E-state index in [1.54, 1.807) is 7.05 Å². The minimum absolute atomic E-state index is 0.135. The molecule has 4 nitrogen and oxygen atoms in total. The molecule has 0 spiro atoms. The van der Waals surface area contributed by atoms with E-state index in [2.05, 4.69) is 0 Å². The average Bonchev–Trinajstić information content (AvgIpc) is 2.39. The van der Waals surface area contributed by atoms with E-state index in [-0.39, 0.29) is 18.4 Å². The SMILES string of the molecule is CCC(CN)C(=O)N(C)c1cc(F)ccc1OC. The summed E-state index contributed by atoms with van der Waals surface area (Å²) in [5, 5.41) is 0. The predicted octanol–water partition coefficient (Wildman–Crippen LogP) is 1.78. The first-order valence-electron chi connectivity index (χ1n) is 5.86. The Hall–Kier alpha value is -1.62. The van der Waals surface area contributed by atoms with Crippen molar-refractivity contribution >= 4 is 11.6 Å². The third kappa shape index (κ3) is 2.98. The third-order valence-electron chi connectivity index (χ3n) is 2.96. The van der Waals surface area contributed by atoms with Gasteiger partial charge in [-0.25, -0.2) is 4.39 Å². The molecule has 1 aromatic rings. The van der Waals surface area contributed by atoms with Gasteiger partial charge in [0.2, 0.25) is 5.91 Å². The maximum Gasteiger partial charge on any atom is 0.231 e. The molecular weight excluding hydrogens is 235 g/mol. The molecule has 1 unspecified atom stereocenters. The van der Waals surface area contributed by atoms with Crippen LogP contribution in [0.5, 0.6) is 5.75 Å². The van der Waals surface area contributed by atoms with Crippen molar-refractivity contribution in [3.63, 3.8) is 0 Å². The standard InChI is InChI=1S/C13H19FN2O2/c1-4-9(8-15)13(17)16(2)11-7-10(14)5-6-12(11)18-3/h5-7,9H,4,8,15H2,1-3H3. The molecular formula is C13H19FN2O2. The minimum Gasteiger partial charge on any atom is -0.495 e. The predicted molar refractivity (Wildman–Crippen MR) is 69.2 cm³/mol. The lowest BCUT2D eigenvalue weighted by molar-refractivity contribution is -0.121. The van der Waals surface area contributed by atoms with Gasteiger partial charge < -0.3 is 15.4 Å². The summed E-state index contributed by atoms with van der Waals surface area (Å²) in [5.41, 5.74) is 5.96. The van der Waals surface area contributed by atoms with E-state index in [4.69, 9.17) is 10.5 Å². The molecule has 100 valence electrons. The molecule has 18 heavy (non-hydrogen) atoms. The number of hydrogen-bond acceptors (Lipinski definition) is 3. The van der Waals surface area contributed by atoms with Crippen LogP contribution in [0, 0.1) is 11.7 Å². The molecule has 0 aliphatic heterocycles. The number of ether oxygens (including phenoxy) is 1. The molecule has 1 amide bonds. The van der Waals surface area contributed by atoms with Gasteiger partial charge in [0.1, 0.15) is 11.6 Å². The summed E-state index contributed by atoms with van der Waals surface area (Å²) >= 11 is 0. The number of anilines is 1. The second kappa shape index (κ2) is 6.35. The molecule has 1 rings (SSSR count). The highest BCUT2D eigenvalue weighted by Crippen LogP contribution is 2.29. The molecule has 1 atom stereocenters. The van der Waals surface area contributed by atoms with Crippen LogP contribution in [0.3, 0.4) is 0 Å². The van der Waals surface area contributed by atoms with Crippen LogP contribution in [0.2, 0.25) is 0 Å². The largest absolute Gasteiger partial charge is 0.495 e. The van der Waals surface area contributed by atoms with Gasteiger partial charge in [-0.2, -0.15) is 0 Å². The van der Waals surface area contributed by atoms with E-state index in [9.17, 15) is 9.18 Å². The summed E-state index contributed by atoms with van der Waals surface area (Å²) in [7, 11) is 3.08. The number of methoxy groups -OCH3 is 1. The zero-order valence-corrected chi connectivity index (χ0v) is 10.9. The number of hydrogen-bond donors (Lipinski definition) is 1. The van der Waals surface area contributed by atoms with Crippen molar-refractivity contribution in [3.05, 3.63) is 24.0 Å². The van der Waals surface area contributed by atoms with Crippen LogP contribution in [0.1, 0.15) is 13.3 Å². The Kier molecular flexibility index (Phi) is 5.09. The molecule has 0 aromatic heterocycles. The lowest BCUT2D eigenvalue weighted by Crippen LogP contribution is -2.36. The zero-order chi connectivity index (χ0) is 13.7. The number of halogens is 1. The van der Waals surface area contributed by atoms with E-state index in [0.717, 1.165) is 0 Å². The van der Waals surface area contributed by atoms with Gasteiger partial charge in [0, 0.05) is 19.7 Å². The highest BCUT2D eigenvalue weighted by Gasteiger charge is 2.22. The van der Waals surface area contributed by atoms with Gasteiger partial charge in [0.15, 0.2) is 0 Å². The van der Waals surface area contributed by atoms with Crippen molar-refractivity contribution < 1.29 is 13.9 Å². The van der Waals surface area contributed by atoms with E-state index in [1.165, 1.54) is 30.2 Å². The first kappa shape index (κ1) is 14.4. The molecule has 0 radical (unpaired) electrons. The molecule has 1 aromatic carbocycles. The molecule has 2 N–H and O–H groups in total. The fourth-order valence-electron chi connectivity index (χ4n) is 1.76. The van der Waals surface area contributed by atoms with Crippen LogP contribution in [0.15, 0.2) is 18.2 Å². The topological polar surface area (TPSA) is 55.6 Å². The van der Waals surface area contributed by atoms with Crippen molar-refractivity contribution in [3.8, 4) is 5.75 Å². The highest BCUT2D eigenvalue weighted by atomic mass is 19.1. The number of rotatable bonds is 5. The fourth-order valence-corrected chi connectivity index (χ4v) is 1.76.